The second kappa shape index (κ2) is 3.30. The Morgan fingerprint density at radius 2 is 2.07 bits per heavy atom. The molecule has 0 spiro atoms. The first-order chi connectivity index (χ1) is 7.02. The quantitative estimate of drug-likeness (QED) is 0.757. The Kier molecular flexibility index (Phi) is 2.22. The Bertz CT molecular complexity index is 655. The summed E-state index contributed by atoms with van der Waals surface area (Å²) < 4.78 is 3.71. The van der Waals surface area contributed by atoms with Crippen LogP contribution in [0.3, 0.4) is 0 Å². The highest BCUT2D eigenvalue weighted by Gasteiger charge is 2.06. The third-order valence-electron chi connectivity index (χ3n) is 2.34. The highest BCUT2D eigenvalue weighted by molar-refractivity contribution is 9.10. The van der Waals surface area contributed by atoms with E-state index < -0.39 is 0 Å². The minimum atomic E-state index is -0.329. The molecule has 0 saturated heterocycles. The lowest BCUT2D eigenvalue weighted by molar-refractivity contribution is 0.754. The number of pyridine rings is 1. The van der Waals surface area contributed by atoms with Gasteiger partial charge in [0.25, 0.3) is 5.56 Å². The van der Waals surface area contributed by atoms with E-state index in [9.17, 15) is 4.79 Å². The van der Waals surface area contributed by atoms with Gasteiger partial charge in [-0.25, -0.2) is 4.98 Å². The molecular formula is C9H9BrN4O. The Morgan fingerprint density at radius 3 is 2.73 bits per heavy atom. The number of aryl methyl sites for hydroxylation is 2. The molecule has 6 heteroatoms. The summed E-state index contributed by atoms with van der Waals surface area (Å²) in [6.45, 7) is 0. The topological polar surface area (TPSA) is 63.7 Å². The van der Waals surface area contributed by atoms with Crippen LogP contribution in [-0.4, -0.2) is 14.1 Å². The lowest BCUT2D eigenvalue weighted by Gasteiger charge is -2.08. The number of hydrogen-bond donors (Lipinski definition) is 1. The molecule has 0 aliphatic rings. The fourth-order valence-corrected chi connectivity index (χ4v) is 1.76. The number of nitrogens with one attached hydrogen (secondary N) is 1. The number of aromatic nitrogens is 3. The largest absolute Gasteiger partial charge is 0.308 e. The molecule has 2 heterocycles. The van der Waals surface area contributed by atoms with Crippen molar-refractivity contribution in [3.63, 3.8) is 0 Å². The summed E-state index contributed by atoms with van der Waals surface area (Å²) in [4.78, 5) is 15.8. The van der Waals surface area contributed by atoms with Crippen LogP contribution >= 0.6 is 15.9 Å². The van der Waals surface area contributed by atoms with Gasteiger partial charge in [0.1, 0.15) is 0 Å². The number of hydrogen-bond acceptors (Lipinski definition) is 3. The highest BCUT2D eigenvalue weighted by Crippen LogP contribution is 2.13. The van der Waals surface area contributed by atoms with E-state index in [0.717, 1.165) is 4.47 Å². The number of halogens is 1. The highest BCUT2D eigenvalue weighted by atomic mass is 79.9. The molecule has 2 aromatic heterocycles. The number of rotatable bonds is 0. The zero-order valence-corrected chi connectivity index (χ0v) is 9.87. The summed E-state index contributed by atoms with van der Waals surface area (Å²) >= 11 is 3.30. The fraction of sp³-hybridized carbons (Fsp3) is 0.222. The van der Waals surface area contributed by atoms with Crippen molar-refractivity contribution in [1.82, 2.24) is 14.1 Å². The molecule has 0 bridgehead atoms. The first kappa shape index (κ1) is 10.1. The Labute approximate surface area is 93.6 Å². The van der Waals surface area contributed by atoms with Gasteiger partial charge in [-0.2, -0.15) is 0 Å². The van der Waals surface area contributed by atoms with Crippen LogP contribution in [0.25, 0.3) is 11.2 Å². The average Bonchev–Trinajstić information content (AvgIpc) is 2.23. The molecule has 2 rings (SSSR count). The van der Waals surface area contributed by atoms with Crippen LogP contribution < -0.4 is 11.0 Å². The molecule has 15 heavy (non-hydrogen) atoms. The molecule has 0 radical (unpaired) electrons. The molecule has 0 aliphatic heterocycles. The van der Waals surface area contributed by atoms with Crippen molar-refractivity contribution < 1.29 is 0 Å². The van der Waals surface area contributed by atoms with Gasteiger partial charge >= 0.3 is 0 Å². The second-order valence-electron chi connectivity index (χ2n) is 3.27. The molecule has 0 fully saturated rings. The number of fused-ring (bicyclic) bond motifs is 1. The molecule has 78 valence electrons. The van der Waals surface area contributed by atoms with Gasteiger partial charge in [0.2, 0.25) is 0 Å². The second-order valence-corrected chi connectivity index (χ2v) is 4.18. The summed E-state index contributed by atoms with van der Waals surface area (Å²) in [6.07, 6.45) is 1.65. The van der Waals surface area contributed by atoms with Crippen molar-refractivity contribution in [2.75, 3.05) is 0 Å². The standard InChI is InChI=1S/C9H9BrN4O/c1-13-6-3-5(10)4-12-8(6)14(2)7(11)9(13)15/h3-4,11H,1-2H3. The van der Waals surface area contributed by atoms with Gasteiger partial charge in [0.15, 0.2) is 11.1 Å². The van der Waals surface area contributed by atoms with E-state index in [-0.39, 0.29) is 11.0 Å². The Morgan fingerprint density at radius 1 is 1.40 bits per heavy atom. The molecule has 0 aliphatic carbocycles. The summed E-state index contributed by atoms with van der Waals surface area (Å²) in [5.41, 5.74) is 0.919. The maximum Gasteiger partial charge on any atom is 0.293 e. The molecular weight excluding hydrogens is 260 g/mol. The van der Waals surface area contributed by atoms with E-state index in [1.807, 2.05) is 6.07 Å². The van der Waals surface area contributed by atoms with Crippen molar-refractivity contribution in [2.45, 2.75) is 0 Å². The van der Waals surface area contributed by atoms with Gasteiger partial charge < -0.3 is 9.13 Å². The van der Waals surface area contributed by atoms with Crippen LogP contribution in [0, 0.1) is 5.41 Å². The number of nitrogens with zero attached hydrogens (tertiary/aromatic N) is 3. The predicted molar refractivity (Wildman–Crippen MR) is 59.5 cm³/mol. The molecule has 2 aromatic rings. The van der Waals surface area contributed by atoms with E-state index in [1.54, 1.807) is 20.3 Å². The van der Waals surface area contributed by atoms with E-state index in [1.165, 1.54) is 9.13 Å². The molecule has 0 atom stereocenters. The minimum Gasteiger partial charge on any atom is -0.308 e. The van der Waals surface area contributed by atoms with Crippen molar-refractivity contribution in [2.24, 2.45) is 14.1 Å². The lowest BCUT2D eigenvalue weighted by atomic mass is 10.4. The van der Waals surface area contributed by atoms with Gasteiger partial charge in [-0.15, -0.1) is 0 Å². The van der Waals surface area contributed by atoms with Crippen molar-refractivity contribution in [3.8, 4) is 0 Å². The minimum absolute atomic E-state index is 0.0696. The summed E-state index contributed by atoms with van der Waals surface area (Å²) in [5.74, 6) is 0. The van der Waals surface area contributed by atoms with Crippen molar-refractivity contribution in [3.05, 3.63) is 32.6 Å². The molecule has 1 N–H and O–H groups in total. The van der Waals surface area contributed by atoms with Gasteiger partial charge in [-0.05, 0) is 22.0 Å². The van der Waals surface area contributed by atoms with Crippen LogP contribution in [0.1, 0.15) is 0 Å². The Balaban J connectivity index is 3.15. The molecule has 0 amide bonds. The predicted octanol–water partition coefficient (Wildman–Crippen LogP) is 0.514. The van der Waals surface area contributed by atoms with Gasteiger partial charge in [0, 0.05) is 24.8 Å². The maximum absolute atomic E-state index is 11.6. The van der Waals surface area contributed by atoms with Crippen LogP contribution in [-0.2, 0) is 14.1 Å². The zero-order chi connectivity index (χ0) is 11.2. The van der Waals surface area contributed by atoms with E-state index >= 15 is 0 Å². The maximum atomic E-state index is 11.6. The SMILES string of the molecule is Cn1c(=O)c(=N)n(C)c2ncc(Br)cc21. The summed E-state index contributed by atoms with van der Waals surface area (Å²) in [6, 6.07) is 1.81. The van der Waals surface area contributed by atoms with Crippen LogP contribution in [0.15, 0.2) is 21.5 Å². The van der Waals surface area contributed by atoms with Crippen LogP contribution in [0.4, 0.5) is 0 Å². The molecule has 0 saturated carbocycles. The third kappa shape index (κ3) is 1.41. The van der Waals surface area contributed by atoms with E-state index in [0.29, 0.717) is 11.2 Å². The molecule has 5 nitrogen and oxygen atoms in total. The average molecular weight is 269 g/mol. The zero-order valence-electron chi connectivity index (χ0n) is 8.28. The van der Waals surface area contributed by atoms with Gasteiger partial charge in [0.05, 0.1) is 5.52 Å². The van der Waals surface area contributed by atoms with Gasteiger partial charge in [-0.1, -0.05) is 0 Å². The normalized spacial score (nSPS) is 10.9. The summed E-state index contributed by atoms with van der Waals surface area (Å²) in [7, 11) is 3.30. The van der Waals surface area contributed by atoms with Crippen LogP contribution in [0.5, 0.6) is 0 Å². The lowest BCUT2D eigenvalue weighted by Crippen LogP contribution is -2.39. The third-order valence-corrected chi connectivity index (χ3v) is 2.77. The Hall–Kier alpha value is -1.43. The first-order valence-electron chi connectivity index (χ1n) is 4.28. The van der Waals surface area contributed by atoms with Crippen molar-refractivity contribution in [1.29, 1.82) is 5.41 Å². The van der Waals surface area contributed by atoms with Gasteiger partial charge in [-0.3, -0.25) is 10.2 Å². The van der Waals surface area contributed by atoms with E-state index in [4.69, 9.17) is 5.41 Å². The molecule has 0 unspecified atom stereocenters. The fourth-order valence-electron chi connectivity index (χ4n) is 1.44. The summed E-state index contributed by atoms with van der Waals surface area (Å²) in [5, 5.41) is 7.60. The van der Waals surface area contributed by atoms with Crippen LogP contribution in [0.2, 0.25) is 0 Å². The monoisotopic (exact) mass is 268 g/mol. The van der Waals surface area contributed by atoms with Crippen molar-refractivity contribution >= 4 is 27.1 Å². The first-order valence-corrected chi connectivity index (χ1v) is 5.07. The molecule has 0 aromatic carbocycles. The smallest absolute Gasteiger partial charge is 0.293 e. The van der Waals surface area contributed by atoms with E-state index in [2.05, 4.69) is 20.9 Å².